The van der Waals surface area contributed by atoms with Crippen LogP contribution in [0.2, 0.25) is 0 Å². The molecule has 3 rings (SSSR count). The summed E-state index contributed by atoms with van der Waals surface area (Å²) in [5.74, 6) is 1.23. The minimum Gasteiger partial charge on any atom is -0.342 e. The zero-order valence-corrected chi connectivity index (χ0v) is 11.6. The topological polar surface area (TPSA) is 82.2 Å². The number of likely N-dealkylation sites (tertiary alicyclic amines) is 1. The molecular formula is C13H19N5O2. The van der Waals surface area contributed by atoms with Crippen LogP contribution >= 0.6 is 0 Å². The Balaban J connectivity index is 1.55. The van der Waals surface area contributed by atoms with Gasteiger partial charge in [0.25, 0.3) is 0 Å². The Morgan fingerprint density at radius 1 is 1.55 bits per heavy atom. The SMILES string of the molecule is CN(Cc1ncn[nH]1)C(=O)C1CC(=O)N(CC2CC2)C1. The molecule has 1 N–H and O–H groups in total. The van der Waals surface area contributed by atoms with Crippen LogP contribution in [0.5, 0.6) is 0 Å². The molecule has 0 bridgehead atoms. The molecule has 0 spiro atoms. The van der Waals surface area contributed by atoms with Gasteiger partial charge in [-0.1, -0.05) is 0 Å². The van der Waals surface area contributed by atoms with Gasteiger partial charge in [-0.15, -0.1) is 0 Å². The van der Waals surface area contributed by atoms with Crippen LogP contribution in [0.25, 0.3) is 0 Å². The number of nitrogens with one attached hydrogen (secondary N) is 1. The molecule has 0 aromatic carbocycles. The van der Waals surface area contributed by atoms with Crippen LogP contribution in [-0.2, 0) is 16.1 Å². The lowest BCUT2D eigenvalue weighted by atomic mass is 10.1. The van der Waals surface area contributed by atoms with Gasteiger partial charge < -0.3 is 9.80 Å². The second kappa shape index (κ2) is 5.22. The highest BCUT2D eigenvalue weighted by Gasteiger charge is 2.38. The monoisotopic (exact) mass is 277 g/mol. The van der Waals surface area contributed by atoms with E-state index < -0.39 is 0 Å². The van der Waals surface area contributed by atoms with Gasteiger partial charge in [0.15, 0.2) is 0 Å². The molecule has 2 amide bonds. The lowest BCUT2D eigenvalue weighted by Gasteiger charge is -2.20. The number of amides is 2. The number of carbonyl (C=O) groups excluding carboxylic acids is 2. The van der Waals surface area contributed by atoms with E-state index in [1.807, 2.05) is 4.90 Å². The van der Waals surface area contributed by atoms with Gasteiger partial charge in [0, 0.05) is 26.6 Å². The van der Waals surface area contributed by atoms with Gasteiger partial charge in [0.1, 0.15) is 12.2 Å². The lowest BCUT2D eigenvalue weighted by Crippen LogP contribution is -2.35. The number of hydrogen-bond acceptors (Lipinski definition) is 4. The maximum absolute atomic E-state index is 12.3. The first kappa shape index (κ1) is 13.1. The van der Waals surface area contributed by atoms with Crippen molar-refractivity contribution in [2.75, 3.05) is 20.1 Å². The van der Waals surface area contributed by atoms with Gasteiger partial charge in [-0.05, 0) is 18.8 Å². The number of rotatable bonds is 5. The number of H-pyrrole nitrogens is 1. The maximum Gasteiger partial charge on any atom is 0.228 e. The second-order valence-corrected chi connectivity index (χ2v) is 5.77. The van der Waals surface area contributed by atoms with Crippen LogP contribution in [0.4, 0.5) is 0 Å². The highest BCUT2D eigenvalue weighted by molar-refractivity contribution is 5.89. The number of aromatic amines is 1. The fourth-order valence-corrected chi connectivity index (χ4v) is 2.65. The Kier molecular flexibility index (Phi) is 3.42. The third kappa shape index (κ3) is 2.81. The summed E-state index contributed by atoms with van der Waals surface area (Å²) in [6, 6.07) is 0. The molecule has 7 heteroatoms. The largest absolute Gasteiger partial charge is 0.342 e. The number of carbonyl (C=O) groups is 2. The maximum atomic E-state index is 12.3. The fraction of sp³-hybridized carbons (Fsp3) is 0.692. The van der Waals surface area contributed by atoms with Crippen molar-refractivity contribution in [3.63, 3.8) is 0 Å². The normalized spacial score (nSPS) is 22.4. The van der Waals surface area contributed by atoms with Gasteiger partial charge >= 0.3 is 0 Å². The molecule has 7 nitrogen and oxygen atoms in total. The number of aromatic nitrogens is 3. The van der Waals surface area contributed by atoms with E-state index in [9.17, 15) is 9.59 Å². The minimum absolute atomic E-state index is 0.00745. The summed E-state index contributed by atoms with van der Waals surface area (Å²) in [6.45, 7) is 1.79. The Hall–Kier alpha value is -1.92. The first-order chi connectivity index (χ1) is 9.63. The lowest BCUT2D eigenvalue weighted by molar-refractivity contribution is -0.135. The van der Waals surface area contributed by atoms with Crippen molar-refractivity contribution in [3.05, 3.63) is 12.2 Å². The average molecular weight is 277 g/mol. The summed E-state index contributed by atoms with van der Waals surface area (Å²) < 4.78 is 0. The van der Waals surface area contributed by atoms with E-state index in [4.69, 9.17) is 0 Å². The Morgan fingerprint density at radius 2 is 2.35 bits per heavy atom. The van der Waals surface area contributed by atoms with Crippen LogP contribution in [0.3, 0.4) is 0 Å². The van der Waals surface area contributed by atoms with E-state index in [1.54, 1.807) is 11.9 Å². The Bertz CT molecular complexity index is 497. The van der Waals surface area contributed by atoms with Gasteiger partial charge in [-0.25, -0.2) is 4.98 Å². The molecule has 20 heavy (non-hydrogen) atoms. The molecule has 1 aromatic heterocycles. The van der Waals surface area contributed by atoms with E-state index in [2.05, 4.69) is 15.2 Å². The molecule has 1 saturated heterocycles. The Labute approximate surface area is 117 Å². The van der Waals surface area contributed by atoms with Crippen molar-refractivity contribution in [2.24, 2.45) is 11.8 Å². The highest BCUT2D eigenvalue weighted by atomic mass is 16.2. The van der Waals surface area contributed by atoms with E-state index in [1.165, 1.54) is 19.2 Å². The molecule has 0 radical (unpaired) electrons. The molecule has 2 heterocycles. The fourth-order valence-electron chi connectivity index (χ4n) is 2.65. The van der Waals surface area contributed by atoms with Crippen LogP contribution < -0.4 is 0 Å². The zero-order valence-electron chi connectivity index (χ0n) is 11.6. The third-order valence-corrected chi connectivity index (χ3v) is 3.97. The molecule has 1 aliphatic carbocycles. The van der Waals surface area contributed by atoms with E-state index in [0.29, 0.717) is 31.3 Å². The summed E-state index contributed by atoms with van der Waals surface area (Å²) in [6.07, 6.45) is 4.19. The number of hydrogen-bond donors (Lipinski definition) is 1. The molecule has 1 atom stereocenters. The highest BCUT2D eigenvalue weighted by Crippen LogP contribution is 2.32. The van der Waals surface area contributed by atoms with Crippen molar-refractivity contribution in [1.82, 2.24) is 25.0 Å². The molecule has 108 valence electrons. The van der Waals surface area contributed by atoms with Crippen molar-refractivity contribution < 1.29 is 9.59 Å². The van der Waals surface area contributed by atoms with E-state index in [-0.39, 0.29) is 17.7 Å². The third-order valence-electron chi connectivity index (χ3n) is 3.97. The van der Waals surface area contributed by atoms with Gasteiger partial charge in [-0.3, -0.25) is 14.7 Å². The van der Waals surface area contributed by atoms with Crippen LogP contribution in [-0.4, -0.2) is 56.9 Å². The molecule has 2 fully saturated rings. The second-order valence-electron chi connectivity index (χ2n) is 5.77. The van der Waals surface area contributed by atoms with Gasteiger partial charge in [-0.2, -0.15) is 5.10 Å². The molecule has 1 saturated carbocycles. The quantitative estimate of drug-likeness (QED) is 0.822. The van der Waals surface area contributed by atoms with Crippen molar-refractivity contribution in [2.45, 2.75) is 25.8 Å². The van der Waals surface area contributed by atoms with Crippen LogP contribution in [0.1, 0.15) is 25.1 Å². The summed E-state index contributed by atoms with van der Waals surface area (Å²) >= 11 is 0. The van der Waals surface area contributed by atoms with Crippen LogP contribution in [0.15, 0.2) is 6.33 Å². The predicted octanol–water partition coefficient (Wildman–Crippen LogP) is 0.0216. The standard InChI is InChI=1S/C13H19N5O2/c1-17(7-11-14-8-15-16-11)13(20)10-4-12(19)18(6-10)5-9-2-3-9/h8-10H,2-7H2,1H3,(H,14,15,16). The van der Waals surface area contributed by atoms with Crippen molar-refractivity contribution >= 4 is 11.8 Å². The van der Waals surface area contributed by atoms with Gasteiger partial charge in [0.05, 0.1) is 12.5 Å². The molecule has 2 aliphatic rings. The Morgan fingerprint density at radius 3 is 3.00 bits per heavy atom. The smallest absolute Gasteiger partial charge is 0.228 e. The molecule has 1 unspecified atom stereocenters. The summed E-state index contributed by atoms with van der Waals surface area (Å²) in [5, 5.41) is 6.49. The number of nitrogens with zero attached hydrogens (tertiary/aromatic N) is 4. The first-order valence-electron chi connectivity index (χ1n) is 7.00. The molecule has 1 aliphatic heterocycles. The van der Waals surface area contributed by atoms with E-state index in [0.717, 1.165) is 6.54 Å². The van der Waals surface area contributed by atoms with Gasteiger partial charge in [0.2, 0.25) is 11.8 Å². The molecular weight excluding hydrogens is 258 g/mol. The van der Waals surface area contributed by atoms with E-state index >= 15 is 0 Å². The minimum atomic E-state index is -0.214. The first-order valence-corrected chi connectivity index (χ1v) is 7.00. The predicted molar refractivity (Wildman–Crippen MR) is 70.3 cm³/mol. The van der Waals surface area contributed by atoms with Crippen molar-refractivity contribution in [1.29, 1.82) is 0 Å². The molecule has 1 aromatic rings. The average Bonchev–Trinajstić information content (AvgIpc) is 2.95. The van der Waals surface area contributed by atoms with Crippen molar-refractivity contribution in [3.8, 4) is 0 Å². The zero-order chi connectivity index (χ0) is 14.1. The summed E-state index contributed by atoms with van der Waals surface area (Å²) in [4.78, 5) is 31.7. The summed E-state index contributed by atoms with van der Waals surface area (Å²) in [5.41, 5.74) is 0. The van der Waals surface area contributed by atoms with Crippen LogP contribution in [0, 0.1) is 11.8 Å². The summed E-state index contributed by atoms with van der Waals surface area (Å²) in [7, 11) is 1.73.